The molecule has 1 atom stereocenters. The quantitative estimate of drug-likeness (QED) is 0.780. The van der Waals surface area contributed by atoms with Gasteiger partial charge in [0.05, 0.1) is 7.11 Å². The molecule has 0 spiro atoms. The minimum atomic E-state index is 0.0181. The van der Waals surface area contributed by atoms with Crippen LogP contribution in [-0.4, -0.2) is 12.9 Å². The Balaban J connectivity index is 1.89. The number of hydrogen-bond acceptors (Lipinski definition) is 2. The highest BCUT2D eigenvalue weighted by Crippen LogP contribution is 2.35. The molecule has 1 aliphatic rings. The maximum absolute atomic E-state index is 12.6. The Hall–Kier alpha value is -2.09. The van der Waals surface area contributed by atoms with Crippen LogP contribution in [0.5, 0.6) is 5.75 Å². The Labute approximate surface area is 113 Å². The molecule has 19 heavy (non-hydrogen) atoms. The predicted molar refractivity (Wildman–Crippen MR) is 74.8 cm³/mol. The SMILES string of the molecule is COc1ccc(C(=O)C2CCc3ccccc32)cc1. The summed E-state index contributed by atoms with van der Waals surface area (Å²) in [6.45, 7) is 0. The van der Waals surface area contributed by atoms with Gasteiger partial charge in [-0.25, -0.2) is 0 Å². The zero-order valence-electron chi connectivity index (χ0n) is 10.9. The molecule has 3 rings (SSSR count). The van der Waals surface area contributed by atoms with Crippen molar-refractivity contribution in [3.05, 3.63) is 65.2 Å². The Bertz CT molecular complexity index is 599. The molecule has 1 aliphatic carbocycles. The van der Waals surface area contributed by atoms with E-state index in [9.17, 15) is 4.79 Å². The summed E-state index contributed by atoms with van der Waals surface area (Å²) in [5, 5.41) is 0. The van der Waals surface area contributed by atoms with Crippen LogP contribution in [0.25, 0.3) is 0 Å². The standard InChI is InChI=1S/C17H16O2/c1-19-14-9-6-13(7-10-14)17(18)16-11-8-12-4-2-3-5-15(12)16/h2-7,9-10,16H,8,11H2,1H3. The highest BCUT2D eigenvalue weighted by Gasteiger charge is 2.28. The molecule has 0 aliphatic heterocycles. The lowest BCUT2D eigenvalue weighted by Gasteiger charge is -2.11. The zero-order chi connectivity index (χ0) is 13.2. The van der Waals surface area contributed by atoms with Crippen LogP contribution in [-0.2, 0) is 6.42 Å². The second-order valence-corrected chi connectivity index (χ2v) is 4.88. The van der Waals surface area contributed by atoms with E-state index in [2.05, 4.69) is 12.1 Å². The fourth-order valence-corrected chi connectivity index (χ4v) is 2.79. The molecule has 0 fully saturated rings. The number of carbonyl (C=O) groups is 1. The first-order valence-electron chi connectivity index (χ1n) is 6.55. The molecule has 0 saturated carbocycles. The molecular weight excluding hydrogens is 236 g/mol. The minimum absolute atomic E-state index is 0.0181. The number of aryl methyl sites for hydroxylation is 1. The topological polar surface area (TPSA) is 26.3 Å². The molecule has 0 saturated heterocycles. The van der Waals surface area contributed by atoms with Crippen LogP contribution in [0.2, 0.25) is 0 Å². The lowest BCUT2D eigenvalue weighted by molar-refractivity contribution is 0.0959. The molecular formula is C17H16O2. The second kappa shape index (κ2) is 4.88. The first kappa shape index (κ1) is 12.0. The number of benzene rings is 2. The summed E-state index contributed by atoms with van der Waals surface area (Å²) < 4.78 is 5.12. The van der Waals surface area contributed by atoms with E-state index < -0.39 is 0 Å². The van der Waals surface area contributed by atoms with Crippen LogP contribution in [0.4, 0.5) is 0 Å². The zero-order valence-corrected chi connectivity index (χ0v) is 10.9. The third-order valence-corrected chi connectivity index (χ3v) is 3.82. The van der Waals surface area contributed by atoms with Gasteiger partial charge < -0.3 is 4.74 Å². The molecule has 2 heteroatoms. The lowest BCUT2D eigenvalue weighted by Crippen LogP contribution is -2.10. The van der Waals surface area contributed by atoms with Gasteiger partial charge in [-0.3, -0.25) is 4.79 Å². The number of rotatable bonds is 3. The van der Waals surface area contributed by atoms with Crippen LogP contribution < -0.4 is 4.74 Å². The van der Waals surface area contributed by atoms with Gasteiger partial charge in [0.25, 0.3) is 0 Å². The molecule has 1 unspecified atom stereocenters. The van der Waals surface area contributed by atoms with Crippen LogP contribution in [0, 0.1) is 0 Å². The van der Waals surface area contributed by atoms with Gasteiger partial charge >= 0.3 is 0 Å². The van der Waals surface area contributed by atoms with Crippen molar-refractivity contribution in [3.63, 3.8) is 0 Å². The van der Waals surface area contributed by atoms with Crippen LogP contribution in [0.3, 0.4) is 0 Å². The Kier molecular flexibility index (Phi) is 3.08. The monoisotopic (exact) mass is 252 g/mol. The van der Waals surface area contributed by atoms with Crippen molar-refractivity contribution in [1.29, 1.82) is 0 Å². The number of fused-ring (bicyclic) bond motifs is 1. The maximum atomic E-state index is 12.6. The van der Waals surface area contributed by atoms with Crippen molar-refractivity contribution >= 4 is 5.78 Å². The predicted octanol–water partition coefficient (Wildman–Crippen LogP) is 3.61. The normalized spacial score (nSPS) is 17.0. The molecule has 0 radical (unpaired) electrons. The van der Waals surface area contributed by atoms with Gasteiger partial charge in [0, 0.05) is 11.5 Å². The minimum Gasteiger partial charge on any atom is -0.497 e. The summed E-state index contributed by atoms with van der Waals surface area (Å²) in [7, 11) is 1.63. The summed E-state index contributed by atoms with van der Waals surface area (Å²) in [5.74, 6) is 1.01. The fraction of sp³-hybridized carbons (Fsp3) is 0.235. The first-order chi connectivity index (χ1) is 9.29. The maximum Gasteiger partial charge on any atom is 0.170 e. The largest absolute Gasteiger partial charge is 0.497 e. The van der Waals surface area contributed by atoms with Crippen LogP contribution >= 0.6 is 0 Å². The van der Waals surface area contributed by atoms with Crippen molar-refractivity contribution in [2.45, 2.75) is 18.8 Å². The number of carbonyl (C=O) groups excluding carboxylic acids is 1. The summed E-state index contributed by atoms with van der Waals surface area (Å²) in [6.07, 6.45) is 1.92. The van der Waals surface area contributed by atoms with E-state index >= 15 is 0 Å². The highest BCUT2D eigenvalue weighted by atomic mass is 16.5. The average Bonchev–Trinajstić information content (AvgIpc) is 2.90. The van der Waals surface area contributed by atoms with E-state index in [4.69, 9.17) is 4.74 Å². The van der Waals surface area contributed by atoms with E-state index in [1.807, 2.05) is 36.4 Å². The van der Waals surface area contributed by atoms with Crippen molar-refractivity contribution in [2.75, 3.05) is 7.11 Å². The van der Waals surface area contributed by atoms with E-state index in [1.165, 1.54) is 11.1 Å². The van der Waals surface area contributed by atoms with E-state index in [1.54, 1.807) is 7.11 Å². The van der Waals surface area contributed by atoms with Crippen molar-refractivity contribution in [3.8, 4) is 5.75 Å². The highest BCUT2D eigenvalue weighted by molar-refractivity contribution is 6.01. The second-order valence-electron chi connectivity index (χ2n) is 4.88. The summed E-state index contributed by atoms with van der Waals surface area (Å²) in [4.78, 5) is 12.6. The van der Waals surface area contributed by atoms with Gasteiger partial charge in [0.1, 0.15) is 5.75 Å². The average molecular weight is 252 g/mol. The summed E-state index contributed by atoms with van der Waals surface area (Å²) >= 11 is 0. The van der Waals surface area contributed by atoms with E-state index in [-0.39, 0.29) is 11.7 Å². The van der Waals surface area contributed by atoms with Gasteiger partial charge in [-0.1, -0.05) is 24.3 Å². The number of ether oxygens (including phenoxy) is 1. The van der Waals surface area contributed by atoms with E-state index in [0.29, 0.717) is 0 Å². The number of ketones is 1. The molecule has 0 amide bonds. The van der Waals surface area contributed by atoms with Crippen LogP contribution in [0.15, 0.2) is 48.5 Å². The molecule has 2 aromatic carbocycles. The van der Waals surface area contributed by atoms with Gasteiger partial charge in [-0.2, -0.15) is 0 Å². The molecule has 0 heterocycles. The Morgan fingerprint density at radius 1 is 1.11 bits per heavy atom. The van der Waals surface area contributed by atoms with Gasteiger partial charge in [-0.05, 0) is 48.2 Å². The van der Waals surface area contributed by atoms with Crippen LogP contribution in [0.1, 0.15) is 33.8 Å². The molecule has 2 nitrogen and oxygen atoms in total. The van der Waals surface area contributed by atoms with Gasteiger partial charge in [-0.15, -0.1) is 0 Å². The van der Waals surface area contributed by atoms with Crippen molar-refractivity contribution in [2.24, 2.45) is 0 Å². The fourth-order valence-electron chi connectivity index (χ4n) is 2.79. The Morgan fingerprint density at radius 3 is 2.58 bits per heavy atom. The first-order valence-corrected chi connectivity index (χ1v) is 6.55. The summed E-state index contributed by atoms with van der Waals surface area (Å²) in [6, 6.07) is 15.6. The number of Topliss-reactive ketones (excluding diaryl/α,β-unsaturated/α-hetero) is 1. The van der Waals surface area contributed by atoms with Gasteiger partial charge in [0.2, 0.25) is 0 Å². The Morgan fingerprint density at radius 2 is 1.84 bits per heavy atom. The molecule has 0 N–H and O–H groups in total. The van der Waals surface area contributed by atoms with Gasteiger partial charge in [0.15, 0.2) is 5.78 Å². The number of hydrogen-bond donors (Lipinski definition) is 0. The number of methoxy groups -OCH3 is 1. The summed E-state index contributed by atoms with van der Waals surface area (Å²) in [5.41, 5.74) is 3.28. The van der Waals surface area contributed by atoms with Crippen molar-refractivity contribution < 1.29 is 9.53 Å². The molecule has 96 valence electrons. The third-order valence-electron chi connectivity index (χ3n) is 3.82. The van der Waals surface area contributed by atoms with Crippen molar-refractivity contribution in [1.82, 2.24) is 0 Å². The molecule has 0 aromatic heterocycles. The molecule has 2 aromatic rings. The molecule has 0 bridgehead atoms. The lowest BCUT2D eigenvalue weighted by atomic mass is 9.92. The van der Waals surface area contributed by atoms with E-state index in [0.717, 1.165) is 24.2 Å². The smallest absolute Gasteiger partial charge is 0.170 e. The third kappa shape index (κ3) is 2.14.